The number of halogens is 1. The highest BCUT2D eigenvalue weighted by Gasteiger charge is 2.30. The average molecular weight is 383 g/mol. The normalized spacial score (nSPS) is 19.1. The molecule has 2 aliphatic rings. The molecule has 2 amide bonds. The maximum absolute atomic E-state index is 12.5. The van der Waals surface area contributed by atoms with Gasteiger partial charge in [0, 0.05) is 42.0 Å². The number of thioether (sulfide) groups is 1. The number of carbonyl (C=O) groups is 2. The number of benzene rings is 1. The summed E-state index contributed by atoms with van der Waals surface area (Å²) in [4.78, 5) is 29.7. The van der Waals surface area contributed by atoms with Crippen LogP contribution in [0.3, 0.4) is 0 Å². The predicted molar refractivity (Wildman–Crippen MR) is 98.9 cm³/mol. The summed E-state index contributed by atoms with van der Waals surface area (Å²) in [6.07, 6.45) is 1.51. The summed E-state index contributed by atoms with van der Waals surface area (Å²) in [7, 11) is 0. The van der Waals surface area contributed by atoms with Gasteiger partial charge < -0.3 is 14.5 Å². The van der Waals surface area contributed by atoms with Gasteiger partial charge in [-0.2, -0.15) is 0 Å². The van der Waals surface area contributed by atoms with Crippen molar-refractivity contribution in [2.75, 3.05) is 45.1 Å². The third-order valence-electron chi connectivity index (χ3n) is 4.70. The van der Waals surface area contributed by atoms with Crippen LogP contribution in [0.5, 0.6) is 0 Å². The first-order valence-corrected chi connectivity index (χ1v) is 10.0. The minimum atomic E-state index is 0.0473. The van der Waals surface area contributed by atoms with E-state index in [9.17, 15) is 9.59 Å². The van der Waals surface area contributed by atoms with Crippen LogP contribution < -0.4 is 0 Å². The molecule has 0 unspecified atom stereocenters. The zero-order valence-corrected chi connectivity index (χ0v) is 15.7. The van der Waals surface area contributed by atoms with Crippen molar-refractivity contribution in [2.24, 2.45) is 5.92 Å². The maximum atomic E-state index is 12.5. The summed E-state index contributed by atoms with van der Waals surface area (Å²) in [5, 5.41) is 0.697. The molecule has 0 N–H and O–H groups in total. The van der Waals surface area contributed by atoms with E-state index in [1.807, 2.05) is 34.1 Å². The Hall–Kier alpha value is -1.24. The SMILES string of the molecule is O=C(CSc1ccc(Cl)cc1)N1CCC(C(=O)N2CCOCC2)CC1. The second kappa shape index (κ2) is 8.92. The van der Waals surface area contributed by atoms with Crippen molar-refractivity contribution in [3.8, 4) is 0 Å². The first-order chi connectivity index (χ1) is 12.1. The molecule has 136 valence electrons. The Morgan fingerprint density at radius 1 is 1.04 bits per heavy atom. The molecular formula is C18H23ClN2O3S. The Morgan fingerprint density at radius 3 is 2.32 bits per heavy atom. The summed E-state index contributed by atoms with van der Waals surface area (Å²) < 4.78 is 5.30. The Morgan fingerprint density at radius 2 is 1.68 bits per heavy atom. The molecule has 2 aliphatic heterocycles. The second-order valence-corrected chi connectivity index (χ2v) is 7.82. The Bertz CT molecular complexity index is 597. The van der Waals surface area contributed by atoms with Crippen LogP contribution >= 0.6 is 23.4 Å². The van der Waals surface area contributed by atoms with E-state index in [1.54, 1.807) is 0 Å². The number of piperidine rings is 1. The molecule has 0 aromatic heterocycles. The van der Waals surface area contributed by atoms with Crippen molar-refractivity contribution in [1.82, 2.24) is 9.80 Å². The minimum Gasteiger partial charge on any atom is -0.378 e. The van der Waals surface area contributed by atoms with E-state index in [-0.39, 0.29) is 17.7 Å². The van der Waals surface area contributed by atoms with E-state index in [2.05, 4.69) is 0 Å². The zero-order valence-electron chi connectivity index (χ0n) is 14.2. The van der Waals surface area contributed by atoms with Crippen LogP contribution in [0, 0.1) is 5.92 Å². The summed E-state index contributed by atoms with van der Waals surface area (Å²) in [6.45, 7) is 3.98. The molecule has 0 aliphatic carbocycles. The Kier molecular flexibility index (Phi) is 6.62. The summed E-state index contributed by atoms with van der Waals surface area (Å²) >= 11 is 7.39. The molecular weight excluding hydrogens is 360 g/mol. The van der Waals surface area contributed by atoms with E-state index in [0.717, 1.165) is 17.7 Å². The first kappa shape index (κ1) is 18.5. The fraction of sp³-hybridized carbons (Fsp3) is 0.556. The van der Waals surface area contributed by atoms with Gasteiger partial charge in [-0.3, -0.25) is 9.59 Å². The lowest BCUT2D eigenvalue weighted by atomic mass is 9.95. The summed E-state index contributed by atoms with van der Waals surface area (Å²) in [6, 6.07) is 7.51. The number of ether oxygens (including phenoxy) is 1. The molecule has 1 aromatic carbocycles. The van der Waals surface area contributed by atoms with Gasteiger partial charge in [0.15, 0.2) is 0 Å². The predicted octanol–water partition coefficient (Wildman–Crippen LogP) is 2.53. The first-order valence-electron chi connectivity index (χ1n) is 8.66. The molecule has 0 bridgehead atoms. The number of amides is 2. The molecule has 0 radical (unpaired) electrons. The number of likely N-dealkylation sites (tertiary alicyclic amines) is 1. The molecule has 7 heteroatoms. The smallest absolute Gasteiger partial charge is 0.232 e. The van der Waals surface area contributed by atoms with Crippen molar-refractivity contribution < 1.29 is 14.3 Å². The fourth-order valence-corrected chi connectivity index (χ4v) is 4.11. The molecule has 0 atom stereocenters. The maximum Gasteiger partial charge on any atom is 0.232 e. The van der Waals surface area contributed by atoms with Crippen LogP contribution in [0.4, 0.5) is 0 Å². The highest BCUT2D eigenvalue weighted by molar-refractivity contribution is 8.00. The van der Waals surface area contributed by atoms with Gasteiger partial charge in [0.2, 0.25) is 11.8 Å². The third kappa shape index (κ3) is 5.12. The van der Waals surface area contributed by atoms with E-state index in [4.69, 9.17) is 16.3 Å². The number of rotatable bonds is 4. The van der Waals surface area contributed by atoms with Gasteiger partial charge in [0.05, 0.1) is 19.0 Å². The summed E-state index contributed by atoms with van der Waals surface area (Å²) in [5.41, 5.74) is 0. The topological polar surface area (TPSA) is 49.9 Å². The number of hydrogen-bond donors (Lipinski definition) is 0. The van der Waals surface area contributed by atoms with Crippen LogP contribution in [0.1, 0.15) is 12.8 Å². The lowest BCUT2D eigenvalue weighted by Gasteiger charge is -2.35. The zero-order chi connectivity index (χ0) is 17.6. The lowest BCUT2D eigenvalue weighted by Crippen LogP contribution is -2.47. The van der Waals surface area contributed by atoms with Crippen molar-refractivity contribution in [3.63, 3.8) is 0 Å². The standard InChI is InChI=1S/C18H23ClN2O3S/c19-15-1-3-16(4-2-15)25-13-17(22)20-7-5-14(6-8-20)18(23)21-9-11-24-12-10-21/h1-4,14H,5-13H2. The van der Waals surface area contributed by atoms with Crippen molar-refractivity contribution in [1.29, 1.82) is 0 Å². The van der Waals surface area contributed by atoms with Gasteiger partial charge in [0.25, 0.3) is 0 Å². The molecule has 0 spiro atoms. The third-order valence-corrected chi connectivity index (χ3v) is 5.94. The van der Waals surface area contributed by atoms with Gasteiger partial charge in [-0.15, -0.1) is 11.8 Å². The van der Waals surface area contributed by atoms with E-state index in [0.29, 0.717) is 50.2 Å². The number of nitrogens with zero attached hydrogens (tertiary/aromatic N) is 2. The van der Waals surface area contributed by atoms with E-state index >= 15 is 0 Å². The Labute approximate surface area is 157 Å². The number of carbonyl (C=O) groups excluding carboxylic acids is 2. The van der Waals surface area contributed by atoms with E-state index < -0.39 is 0 Å². The number of morpholine rings is 1. The van der Waals surface area contributed by atoms with Gasteiger partial charge in [-0.1, -0.05) is 11.6 Å². The van der Waals surface area contributed by atoms with Crippen molar-refractivity contribution >= 4 is 35.2 Å². The molecule has 25 heavy (non-hydrogen) atoms. The van der Waals surface area contributed by atoms with Crippen LogP contribution in [-0.4, -0.2) is 66.8 Å². The Balaban J connectivity index is 1.42. The molecule has 2 fully saturated rings. The number of hydrogen-bond acceptors (Lipinski definition) is 4. The van der Waals surface area contributed by atoms with Crippen molar-refractivity contribution in [3.05, 3.63) is 29.3 Å². The fourth-order valence-electron chi connectivity index (χ4n) is 3.18. The van der Waals surface area contributed by atoms with Crippen LogP contribution in [0.25, 0.3) is 0 Å². The van der Waals surface area contributed by atoms with Crippen molar-refractivity contribution in [2.45, 2.75) is 17.7 Å². The highest BCUT2D eigenvalue weighted by atomic mass is 35.5. The monoisotopic (exact) mass is 382 g/mol. The van der Waals surface area contributed by atoms with E-state index in [1.165, 1.54) is 11.8 Å². The van der Waals surface area contributed by atoms with Gasteiger partial charge in [-0.05, 0) is 37.1 Å². The minimum absolute atomic E-state index is 0.0473. The van der Waals surface area contributed by atoms with Crippen LogP contribution in [0.15, 0.2) is 29.2 Å². The second-order valence-electron chi connectivity index (χ2n) is 6.34. The summed E-state index contributed by atoms with van der Waals surface area (Å²) in [5.74, 6) is 0.832. The molecule has 0 saturated carbocycles. The molecule has 1 aromatic rings. The van der Waals surface area contributed by atoms with Gasteiger partial charge in [-0.25, -0.2) is 0 Å². The van der Waals surface area contributed by atoms with Gasteiger partial charge in [0.1, 0.15) is 0 Å². The van der Waals surface area contributed by atoms with Gasteiger partial charge >= 0.3 is 0 Å². The molecule has 2 saturated heterocycles. The molecule has 2 heterocycles. The van der Waals surface area contributed by atoms with Crippen LogP contribution in [0.2, 0.25) is 5.02 Å². The quantitative estimate of drug-likeness (QED) is 0.751. The molecule has 5 nitrogen and oxygen atoms in total. The lowest BCUT2D eigenvalue weighted by molar-refractivity contribution is -0.143. The average Bonchev–Trinajstić information content (AvgIpc) is 2.67. The molecule has 3 rings (SSSR count). The largest absolute Gasteiger partial charge is 0.378 e. The van der Waals surface area contributed by atoms with Crippen LogP contribution in [-0.2, 0) is 14.3 Å². The highest BCUT2D eigenvalue weighted by Crippen LogP contribution is 2.24.